The van der Waals surface area contributed by atoms with Crippen molar-refractivity contribution in [1.29, 1.82) is 0 Å². The molecule has 0 bridgehead atoms. The van der Waals surface area contributed by atoms with E-state index in [4.69, 9.17) is 11.6 Å². The van der Waals surface area contributed by atoms with Gasteiger partial charge in [0, 0.05) is 13.0 Å². The maximum absolute atomic E-state index is 6.08. The number of hydrogen-bond donors (Lipinski definition) is 0. The summed E-state index contributed by atoms with van der Waals surface area (Å²) in [5, 5.41) is 4.73. The van der Waals surface area contributed by atoms with Gasteiger partial charge < -0.3 is 0 Å². The van der Waals surface area contributed by atoms with Crippen LogP contribution < -0.4 is 0 Å². The quantitative estimate of drug-likeness (QED) is 0.613. The summed E-state index contributed by atoms with van der Waals surface area (Å²) >= 11 is 9.70. The van der Waals surface area contributed by atoms with Crippen LogP contribution in [0.1, 0.15) is 31.2 Å². The summed E-state index contributed by atoms with van der Waals surface area (Å²) in [6.07, 6.45) is 5.36. The number of alkyl halides is 1. The molecule has 0 saturated carbocycles. The van der Waals surface area contributed by atoms with Gasteiger partial charge in [0.05, 0.1) is 21.2 Å². The van der Waals surface area contributed by atoms with Crippen LogP contribution in [-0.4, -0.2) is 15.2 Å². The van der Waals surface area contributed by atoms with Gasteiger partial charge in [0.15, 0.2) is 0 Å². The first-order chi connectivity index (χ1) is 7.61. The first kappa shape index (κ1) is 12.2. The van der Waals surface area contributed by atoms with Crippen molar-refractivity contribution in [2.75, 3.05) is 0 Å². The predicted molar refractivity (Wildman–Crippen MR) is 71.0 cm³/mol. The highest BCUT2D eigenvalue weighted by molar-refractivity contribution is 9.10. The molecule has 0 aliphatic heterocycles. The smallest absolute Gasteiger partial charge is 0.0738 e. The van der Waals surface area contributed by atoms with E-state index in [1.807, 2.05) is 6.92 Å². The van der Waals surface area contributed by atoms with E-state index in [1.165, 1.54) is 11.3 Å². The van der Waals surface area contributed by atoms with Gasteiger partial charge in [0.2, 0.25) is 0 Å². The number of rotatable bonds is 3. The summed E-state index contributed by atoms with van der Waals surface area (Å²) in [4.78, 5) is 0. The molecule has 1 aliphatic carbocycles. The maximum atomic E-state index is 6.08. The molecule has 2 rings (SSSR count). The third-order valence-corrected chi connectivity index (χ3v) is 4.38. The highest BCUT2D eigenvalue weighted by Crippen LogP contribution is 2.29. The Labute approximate surface area is 110 Å². The molecule has 2 nitrogen and oxygen atoms in total. The lowest BCUT2D eigenvalue weighted by Crippen LogP contribution is -2.03. The van der Waals surface area contributed by atoms with Crippen molar-refractivity contribution < 1.29 is 0 Å². The highest BCUT2D eigenvalue weighted by Gasteiger charge is 2.18. The first-order valence-electron chi connectivity index (χ1n) is 5.67. The Morgan fingerprint density at radius 2 is 2.38 bits per heavy atom. The van der Waals surface area contributed by atoms with E-state index >= 15 is 0 Å². The second-order valence-corrected chi connectivity index (χ2v) is 5.57. The van der Waals surface area contributed by atoms with E-state index in [0.29, 0.717) is 0 Å². The van der Waals surface area contributed by atoms with Crippen LogP contribution in [0.15, 0.2) is 16.1 Å². The van der Waals surface area contributed by atoms with Crippen molar-refractivity contribution >= 4 is 27.5 Å². The number of halogens is 2. The van der Waals surface area contributed by atoms with Gasteiger partial charge in [-0.05, 0) is 42.6 Å². The van der Waals surface area contributed by atoms with Crippen LogP contribution in [0.5, 0.6) is 0 Å². The fourth-order valence-corrected chi connectivity index (χ4v) is 2.86. The van der Waals surface area contributed by atoms with Gasteiger partial charge in [-0.1, -0.05) is 11.6 Å². The summed E-state index contributed by atoms with van der Waals surface area (Å²) in [7, 11) is 0. The van der Waals surface area contributed by atoms with Crippen LogP contribution in [-0.2, 0) is 13.0 Å². The molecule has 0 saturated heterocycles. The molecule has 88 valence electrons. The topological polar surface area (TPSA) is 17.8 Å². The monoisotopic (exact) mass is 302 g/mol. The van der Waals surface area contributed by atoms with Crippen molar-refractivity contribution in [3.05, 3.63) is 27.5 Å². The minimum absolute atomic E-state index is 0.230. The molecule has 0 spiro atoms. The molecular formula is C12H16BrClN2. The Hall–Kier alpha value is -0.280. The maximum Gasteiger partial charge on any atom is 0.0738 e. The normalized spacial score (nSPS) is 20.2. The first-order valence-corrected chi connectivity index (χ1v) is 6.90. The van der Waals surface area contributed by atoms with E-state index in [9.17, 15) is 0 Å². The van der Waals surface area contributed by atoms with Gasteiger partial charge in [-0.3, -0.25) is 4.68 Å². The van der Waals surface area contributed by atoms with Gasteiger partial charge >= 0.3 is 0 Å². The number of aryl methyl sites for hydroxylation is 2. The average Bonchev–Trinajstić information content (AvgIpc) is 2.77. The second-order valence-electron chi connectivity index (χ2n) is 4.22. The third kappa shape index (κ3) is 2.35. The molecule has 0 N–H and O–H groups in total. The largest absolute Gasteiger partial charge is 0.268 e. The van der Waals surface area contributed by atoms with Crippen molar-refractivity contribution in [3.63, 3.8) is 0 Å². The summed E-state index contributed by atoms with van der Waals surface area (Å²) in [6.45, 7) is 5.07. The van der Waals surface area contributed by atoms with Crippen molar-refractivity contribution in [1.82, 2.24) is 9.78 Å². The zero-order chi connectivity index (χ0) is 11.7. The molecule has 1 atom stereocenters. The zero-order valence-corrected chi connectivity index (χ0v) is 12.0. The van der Waals surface area contributed by atoms with E-state index in [-0.39, 0.29) is 5.38 Å². The molecular weight excluding hydrogens is 288 g/mol. The molecule has 0 fully saturated rings. The lowest BCUT2D eigenvalue weighted by atomic mass is 10.1. The number of aromatic nitrogens is 2. The van der Waals surface area contributed by atoms with Crippen LogP contribution in [0.4, 0.5) is 0 Å². The van der Waals surface area contributed by atoms with E-state index in [2.05, 4.69) is 38.7 Å². The van der Waals surface area contributed by atoms with Gasteiger partial charge in [-0.15, -0.1) is 11.6 Å². The van der Waals surface area contributed by atoms with Gasteiger partial charge in [-0.2, -0.15) is 5.10 Å². The van der Waals surface area contributed by atoms with Crippen molar-refractivity contribution in [2.45, 2.75) is 45.0 Å². The van der Waals surface area contributed by atoms with Crippen LogP contribution in [0.2, 0.25) is 0 Å². The van der Waals surface area contributed by atoms with E-state index in [1.54, 1.807) is 0 Å². The molecule has 1 aromatic rings. The molecule has 1 aromatic heterocycles. The highest BCUT2D eigenvalue weighted by atomic mass is 79.9. The summed E-state index contributed by atoms with van der Waals surface area (Å²) in [5.41, 5.74) is 3.78. The van der Waals surface area contributed by atoms with Crippen molar-refractivity contribution in [3.8, 4) is 0 Å². The molecule has 0 aromatic carbocycles. The lowest BCUT2D eigenvalue weighted by molar-refractivity contribution is 0.621. The Balaban J connectivity index is 2.23. The fraction of sp³-hybridized carbons (Fsp3) is 0.583. The predicted octanol–water partition coefficient (Wildman–Crippen LogP) is 3.84. The molecule has 16 heavy (non-hydrogen) atoms. The molecule has 0 amide bonds. The minimum atomic E-state index is 0.230. The van der Waals surface area contributed by atoms with Gasteiger partial charge in [0.1, 0.15) is 0 Å². The third-order valence-electron chi connectivity index (χ3n) is 3.01. The second kappa shape index (κ2) is 4.92. The van der Waals surface area contributed by atoms with E-state index in [0.717, 1.165) is 36.0 Å². The molecule has 1 unspecified atom stereocenters. The van der Waals surface area contributed by atoms with Crippen molar-refractivity contribution in [2.24, 2.45) is 0 Å². The molecule has 4 heteroatoms. The molecule has 0 radical (unpaired) electrons. The molecule has 1 aliphatic rings. The summed E-state index contributed by atoms with van der Waals surface area (Å²) in [5.74, 6) is 0. The van der Waals surface area contributed by atoms with Crippen LogP contribution in [0, 0.1) is 6.92 Å². The average molecular weight is 304 g/mol. The number of hydrogen-bond acceptors (Lipinski definition) is 1. The van der Waals surface area contributed by atoms with Crippen LogP contribution >= 0.6 is 27.5 Å². The Kier molecular flexibility index (Phi) is 3.75. The fourth-order valence-electron chi connectivity index (χ4n) is 2.15. The Morgan fingerprint density at radius 3 is 2.94 bits per heavy atom. The minimum Gasteiger partial charge on any atom is -0.268 e. The summed E-state index contributed by atoms with van der Waals surface area (Å²) in [6, 6.07) is 0. The lowest BCUT2D eigenvalue weighted by Gasteiger charge is -2.06. The van der Waals surface area contributed by atoms with Crippen LogP contribution in [0.3, 0.4) is 0 Å². The Bertz CT molecular complexity index is 423. The van der Waals surface area contributed by atoms with Gasteiger partial charge in [-0.25, -0.2) is 0 Å². The van der Waals surface area contributed by atoms with Gasteiger partial charge in [0.25, 0.3) is 0 Å². The number of allylic oxidation sites excluding steroid dienone is 2. The standard InChI is InChI=1S/C12H16BrClN2/c1-3-16-11(12(13)8(2)15-16)7-9-4-5-10(14)6-9/h6,10H,3-5,7H2,1-2H3. The Morgan fingerprint density at radius 1 is 1.62 bits per heavy atom. The molecule has 1 heterocycles. The SMILES string of the molecule is CCn1nc(C)c(Br)c1CC1=CC(Cl)CC1. The zero-order valence-electron chi connectivity index (χ0n) is 9.63. The van der Waals surface area contributed by atoms with Crippen LogP contribution in [0.25, 0.3) is 0 Å². The van der Waals surface area contributed by atoms with E-state index < -0.39 is 0 Å². The summed E-state index contributed by atoms with van der Waals surface area (Å²) < 4.78 is 3.22. The number of nitrogens with zero attached hydrogens (tertiary/aromatic N) is 2.